The van der Waals surface area contributed by atoms with Gasteiger partial charge in [-0.1, -0.05) is 95.8 Å². The van der Waals surface area contributed by atoms with Gasteiger partial charge in [-0.15, -0.1) is 0 Å². The molecule has 0 fully saturated rings. The maximum Gasteiger partial charge on any atom is 0.128 e. The average molecular weight is 652 g/mol. The Morgan fingerprint density at radius 1 is 0.512 bits per heavy atom. The van der Waals surface area contributed by atoms with Crippen LogP contribution in [-0.2, 0) is 30.4 Å². The van der Waals surface area contributed by atoms with Crippen molar-refractivity contribution in [3.8, 4) is 5.75 Å². The highest BCUT2D eigenvalue weighted by Gasteiger charge is 2.23. The molecule has 43 heavy (non-hydrogen) atoms. The van der Waals surface area contributed by atoms with Gasteiger partial charge in [0.2, 0.25) is 0 Å². The normalized spacial score (nSPS) is 13.0. The van der Waals surface area contributed by atoms with Gasteiger partial charge in [-0.2, -0.15) is 0 Å². The van der Waals surface area contributed by atoms with Crippen LogP contribution in [0.2, 0.25) is 0 Å². The second kappa shape index (κ2) is 13.6. The molecule has 0 unspecified atom stereocenters. The fourth-order valence-corrected chi connectivity index (χ4v) is 7.90. The van der Waals surface area contributed by atoms with E-state index in [0.29, 0.717) is 12.5 Å². The van der Waals surface area contributed by atoms with Gasteiger partial charge < -0.3 is 18.4 Å². The molecule has 0 bridgehead atoms. The van der Waals surface area contributed by atoms with Gasteiger partial charge in [0.1, 0.15) is 36.1 Å². The summed E-state index contributed by atoms with van der Waals surface area (Å²) in [5, 5.41) is -0.385. The minimum absolute atomic E-state index is 0.00650. The molecule has 13 heteroatoms. The highest BCUT2D eigenvalue weighted by atomic mass is 32.2. The van der Waals surface area contributed by atoms with E-state index in [-0.39, 0.29) is 44.7 Å². The summed E-state index contributed by atoms with van der Waals surface area (Å²) in [5.41, 5.74) is 0. The van der Waals surface area contributed by atoms with E-state index >= 15 is 0 Å². The van der Waals surface area contributed by atoms with Gasteiger partial charge in [0.15, 0.2) is 0 Å². The molecule has 0 aromatic heterocycles. The first kappa shape index (κ1) is 33.3. The molecule has 4 aromatic rings. The van der Waals surface area contributed by atoms with Crippen molar-refractivity contribution in [2.75, 3.05) is 6.61 Å². The Labute approximate surface area is 253 Å². The predicted molar refractivity (Wildman–Crippen MR) is 161 cm³/mol. The zero-order valence-electron chi connectivity index (χ0n) is 24.0. The summed E-state index contributed by atoms with van der Waals surface area (Å²) in [6.45, 7) is 2.41. The first-order valence-electron chi connectivity index (χ1n) is 14.5. The monoisotopic (exact) mass is 651 g/mol. The number of rotatable bonds is 17. The van der Waals surface area contributed by atoms with E-state index in [4.69, 9.17) is 4.74 Å². The maximum absolute atomic E-state index is 12.3. The molecule has 0 radical (unpaired) electrons. The molecule has 0 N–H and O–H groups in total. The Morgan fingerprint density at radius 3 is 1.28 bits per heavy atom. The van der Waals surface area contributed by atoms with Crippen LogP contribution in [0, 0.1) is 0 Å². The van der Waals surface area contributed by atoms with E-state index in [1.807, 2.05) is 0 Å². The third-order valence-electron chi connectivity index (χ3n) is 7.81. The van der Waals surface area contributed by atoms with Crippen molar-refractivity contribution in [2.45, 2.75) is 98.7 Å². The Morgan fingerprint density at radius 2 is 0.860 bits per heavy atom. The van der Waals surface area contributed by atoms with Crippen LogP contribution in [0.15, 0.2) is 51.1 Å². The van der Waals surface area contributed by atoms with Crippen molar-refractivity contribution in [1.29, 1.82) is 0 Å². The summed E-state index contributed by atoms with van der Waals surface area (Å²) < 4.78 is 115. The molecule has 10 nitrogen and oxygen atoms in total. The number of benzene rings is 4. The van der Waals surface area contributed by atoms with Crippen molar-refractivity contribution in [2.24, 2.45) is 0 Å². The van der Waals surface area contributed by atoms with Crippen molar-refractivity contribution >= 4 is 62.7 Å². The van der Waals surface area contributed by atoms with Crippen LogP contribution >= 0.6 is 0 Å². The van der Waals surface area contributed by atoms with E-state index in [0.717, 1.165) is 37.8 Å². The number of unbranched alkanes of at least 4 members (excludes halogenated alkanes) is 11. The van der Waals surface area contributed by atoms with Gasteiger partial charge in [-0.05, 0) is 24.6 Å². The van der Waals surface area contributed by atoms with Crippen molar-refractivity contribution in [3.05, 3.63) is 36.4 Å². The zero-order valence-corrected chi connectivity index (χ0v) is 26.4. The van der Waals surface area contributed by atoms with Crippen LogP contribution in [0.3, 0.4) is 0 Å². The summed E-state index contributed by atoms with van der Waals surface area (Å²) in [4.78, 5) is -2.54. The van der Waals surface area contributed by atoms with Crippen LogP contribution < -0.4 is 4.74 Å². The average Bonchev–Trinajstić information content (AvgIpc) is 2.92. The fraction of sp³-hybridized carbons (Fsp3) is 0.467. The second-order valence-electron chi connectivity index (χ2n) is 10.9. The van der Waals surface area contributed by atoms with Gasteiger partial charge in [0, 0.05) is 32.3 Å². The maximum atomic E-state index is 12.3. The van der Waals surface area contributed by atoms with Gasteiger partial charge in [-0.25, -0.2) is 25.3 Å². The quantitative estimate of drug-likeness (QED) is 0.0706. The van der Waals surface area contributed by atoms with Crippen LogP contribution in [0.5, 0.6) is 5.75 Å². The molecule has 0 aliphatic rings. The lowest BCUT2D eigenvalue weighted by atomic mass is 9.93. The minimum Gasteiger partial charge on any atom is -0.744 e. The molecular weight excluding hydrogens is 617 g/mol. The van der Waals surface area contributed by atoms with Gasteiger partial charge in [-0.3, -0.25) is 0 Å². The van der Waals surface area contributed by atoms with E-state index in [9.17, 15) is 38.9 Å². The lowest BCUT2D eigenvalue weighted by Crippen LogP contribution is -2.08. The minimum atomic E-state index is -5.26. The van der Waals surface area contributed by atoms with Crippen molar-refractivity contribution in [3.63, 3.8) is 0 Å². The van der Waals surface area contributed by atoms with Crippen LogP contribution in [0.4, 0.5) is 0 Å². The fourth-order valence-electron chi connectivity index (χ4n) is 5.73. The summed E-state index contributed by atoms with van der Waals surface area (Å²) >= 11 is 0. The highest BCUT2D eigenvalue weighted by Crippen LogP contribution is 2.45. The van der Waals surface area contributed by atoms with Crippen LogP contribution in [0.1, 0.15) is 84.0 Å². The lowest BCUT2D eigenvalue weighted by Gasteiger charge is -2.22. The van der Waals surface area contributed by atoms with Gasteiger partial charge in [0.25, 0.3) is 0 Å². The van der Waals surface area contributed by atoms with Crippen molar-refractivity contribution < 1.29 is 43.6 Å². The van der Waals surface area contributed by atoms with Crippen LogP contribution in [0.25, 0.3) is 32.3 Å². The first-order valence-corrected chi connectivity index (χ1v) is 18.8. The SMILES string of the molecule is CCCCCCCCCCCCCCOc1cc(S(=O)(=O)[O-])c2ccc3c(S(=O)(=O)[O-])cc(S(=O)(=O)[O-])c4ccc1c2c43. The molecular formula is C30H35O10S3-3. The number of hydrogen-bond donors (Lipinski definition) is 0. The molecule has 0 saturated carbocycles. The smallest absolute Gasteiger partial charge is 0.128 e. The summed E-state index contributed by atoms with van der Waals surface area (Å²) in [6.07, 6.45) is 13.7. The molecule has 4 aromatic carbocycles. The highest BCUT2D eigenvalue weighted by molar-refractivity contribution is 7.87. The first-order chi connectivity index (χ1) is 20.2. The lowest BCUT2D eigenvalue weighted by molar-refractivity contribution is 0.307. The molecule has 0 aliphatic heterocycles. The Kier molecular flexibility index (Phi) is 10.6. The van der Waals surface area contributed by atoms with Crippen LogP contribution in [-0.4, -0.2) is 45.5 Å². The van der Waals surface area contributed by atoms with Gasteiger partial charge in [0.05, 0.1) is 21.3 Å². The molecule has 236 valence electrons. The molecule has 0 aliphatic carbocycles. The summed E-state index contributed by atoms with van der Waals surface area (Å²) in [5.74, 6) is 0.0290. The van der Waals surface area contributed by atoms with E-state index in [1.54, 1.807) is 0 Å². The number of ether oxygens (including phenoxy) is 1. The topological polar surface area (TPSA) is 181 Å². The molecule has 0 heterocycles. The molecule has 0 amide bonds. The predicted octanol–water partition coefficient (Wildman–Crippen LogP) is 6.38. The molecule has 0 atom stereocenters. The third-order valence-corrected chi connectivity index (χ3v) is 10.4. The third kappa shape index (κ3) is 7.76. The summed E-state index contributed by atoms with van der Waals surface area (Å²) in [7, 11) is -15.6. The largest absolute Gasteiger partial charge is 0.744 e. The number of hydrogen-bond acceptors (Lipinski definition) is 10. The summed E-state index contributed by atoms with van der Waals surface area (Å²) in [6, 6.07) is 6.62. The van der Waals surface area contributed by atoms with Gasteiger partial charge >= 0.3 is 0 Å². The molecule has 0 spiro atoms. The van der Waals surface area contributed by atoms with Crippen molar-refractivity contribution in [1.82, 2.24) is 0 Å². The van der Waals surface area contributed by atoms with E-state index in [1.165, 1.54) is 63.1 Å². The molecule has 0 saturated heterocycles. The van der Waals surface area contributed by atoms with E-state index < -0.39 is 45.0 Å². The Bertz CT molecular complexity index is 1860. The Hall–Kier alpha value is -2.55. The van der Waals surface area contributed by atoms with E-state index in [2.05, 4.69) is 6.92 Å². The Balaban J connectivity index is 1.61. The standard InChI is InChI=1S/C30H38O10S3/c1-2-3-4-5-6-7-8-9-10-11-12-13-18-40-25-19-26(41(31,32)33)22-16-17-24-28(43(37,38)39)20-27(42(34,35)36)23-15-14-21(25)29(22)30(23)24/h14-17,19-20H,2-13,18H2,1H3,(H,31,32,33)(H,34,35,36)(H,37,38,39)/p-3. The molecule has 4 rings (SSSR count). The second-order valence-corrected chi connectivity index (χ2v) is 15.0. The zero-order chi connectivity index (χ0) is 31.4.